The maximum absolute atomic E-state index is 5.71. The van der Waals surface area contributed by atoms with Crippen LogP contribution in [0.2, 0.25) is 0 Å². The number of hydrazine groups is 1. The molecular formula is C12H22N4O. The lowest BCUT2D eigenvalue weighted by Gasteiger charge is -2.22. The summed E-state index contributed by atoms with van der Waals surface area (Å²) in [4.78, 5) is 0. The first-order valence-corrected chi connectivity index (χ1v) is 6.35. The van der Waals surface area contributed by atoms with Gasteiger partial charge in [-0.05, 0) is 25.8 Å². The van der Waals surface area contributed by atoms with E-state index in [0.29, 0.717) is 12.0 Å². The Morgan fingerprint density at radius 1 is 1.71 bits per heavy atom. The highest BCUT2D eigenvalue weighted by Crippen LogP contribution is 2.31. The molecule has 17 heavy (non-hydrogen) atoms. The molecule has 1 fully saturated rings. The number of rotatable bonds is 5. The topological polar surface area (TPSA) is 65.1 Å². The highest BCUT2D eigenvalue weighted by atomic mass is 16.5. The predicted octanol–water partition coefficient (Wildman–Crippen LogP) is 1.22. The first-order chi connectivity index (χ1) is 8.26. The van der Waals surface area contributed by atoms with E-state index in [1.807, 2.05) is 16.9 Å². The Morgan fingerprint density at radius 2 is 2.53 bits per heavy atom. The summed E-state index contributed by atoms with van der Waals surface area (Å²) in [5.41, 5.74) is 4.09. The van der Waals surface area contributed by atoms with E-state index in [9.17, 15) is 0 Å². The van der Waals surface area contributed by atoms with Crippen LogP contribution in [0.4, 0.5) is 0 Å². The lowest BCUT2D eigenvalue weighted by Crippen LogP contribution is -2.35. The third kappa shape index (κ3) is 2.68. The molecule has 0 spiro atoms. The van der Waals surface area contributed by atoms with Gasteiger partial charge in [0.15, 0.2) is 0 Å². The second-order valence-corrected chi connectivity index (χ2v) is 4.76. The van der Waals surface area contributed by atoms with Crippen LogP contribution < -0.4 is 11.3 Å². The quantitative estimate of drug-likeness (QED) is 0.598. The van der Waals surface area contributed by atoms with Gasteiger partial charge < -0.3 is 4.74 Å². The van der Waals surface area contributed by atoms with Gasteiger partial charge in [-0.1, -0.05) is 6.92 Å². The van der Waals surface area contributed by atoms with Gasteiger partial charge in [0.25, 0.3) is 0 Å². The van der Waals surface area contributed by atoms with Gasteiger partial charge in [0.1, 0.15) is 0 Å². The molecule has 2 heterocycles. The monoisotopic (exact) mass is 238 g/mol. The Hall–Kier alpha value is -0.910. The Labute approximate surface area is 102 Å². The fourth-order valence-electron chi connectivity index (χ4n) is 2.55. The number of hydrogen-bond acceptors (Lipinski definition) is 4. The fraction of sp³-hybridized carbons (Fsp3) is 0.750. The highest BCUT2D eigenvalue weighted by Gasteiger charge is 2.31. The maximum Gasteiger partial charge on any atom is 0.0680 e. The molecule has 0 aromatic carbocycles. The van der Waals surface area contributed by atoms with Crippen LogP contribution in [0.5, 0.6) is 0 Å². The molecule has 96 valence electrons. The Morgan fingerprint density at radius 3 is 3.12 bits per heavy atom. The molecular weight excluding hydrogens is 216 g/mol. The van der Waals surface area contributed by atoms with Gasteiger partial charge in [0.05, 0.1) is 24.4 Å². The van der Waals surface area contributed by atoms with Crippen molar-refractivity contribution < 1.29 is 4.74 Å². The maximum atomic E-state index is 5.71. The van der Waals surface area contributed by atoms with E-state index in [2.05, 4.69) is 24.4 Å². The number of aromatic nitrogens is 2. The van der Waals surface area contributed by atoms with E-state index in [-0.39, 0.29) is 6.04 Å². The highest BCUT2D eigenvalue weighted by molar-refractivity contribution is 5.09. The van der Waals surface area contributed by atoms with E-state index in [4.69, 9.17) is 10.6 Å². The molecule has 0 bridgehead atoms. The summed E-state index contributed by atoms with van der Waals surface area (Å²) < 4.78 is 7.66. The summed E-state index contributed by atoms with van der Waals surface area (Å²) in [6.45, 7) is 5.96. The minimum atomic E-state index is 0.133. The van der Waals surface area contributed by atoms with Crippen molar-refractivity contribution in [1.29, 1.82) is 0 Å². The van der Waals surface area contributed by atoms with Gasteiger partial charge >= 0.3 is 0 Å². The van der Waals surface area contributed by atoms with Crippen molar-refractivity contribution in [3.05, 3.63) is 18.0 Å². The summed E-state index contributed by atoms with van der Waals surface area (Å²) in [7, 11) is 0. The van der Waals surface area contributed by atoms with E-state index in [0.717, 1.165) is 31.7 Å². The van der Waals surface area contributed by atoms with Gasteiger partial charge in [0.2, 0.25) is 0 Å². The largest absolute Gasteiger partial charge is 0.378 e. The zero-order chi connectivity index (χ0) is 12.3. The molecule has 0 aliphatic carbocycles. The zero-order valence-corrected chi connectivity index (χ0v) is 10.6. The number of hydrogen-bond donors (Lipinski definition) is 2. The van der Waals surface area contributed by atoms with Crippen LogP contribution in [0, 0.1) is 5.92 Å². The van der Waals surface area contributed by atoms with Crippen LogP contribution in [0.15, 0.2) is 12.3 Å². The molecule has 0 saturated carbocycles. The summed E-state index contributed by atoms with van der Waals surface area (Å²) in [5, 5.41) is 4.35. The van der Waals surface area contributed by atoms with Crippen LogP contribution in [0.1, 0.15) is 38.4 Å². The van der Waals surface area contributed by atoms with Crippen molar-refractivity contribution in [2.24, 2.45) is 11.8 Å². The summed E-state index contributed by atoms with van der Waals surface area (Å²) in [6.07, 6.45) is 4.29. The number of nitrogens with zero attached hydrogens (tertiary/aromatic N) is 2. The van der Waals surface area contributed by atoms with Crippen LogP contribution in [0.25, 0.3) is 0 Å². The third-order valence-electron chi connectivity index (χ3n) is 3.38. The summed E-state index contributed by atoms with van der Waals surface area (Å²) in [6, 6.07) is 2.18. The van der Waals surface area contributed by atoms with Crippen LogP contribution in [0.3, 0.4) is 0 Å². The fourth-order valence-corrected chi connectivity index (χ4v) is 2.55. The first-order valence-electron chi connectivity index (χ1n) is 6.35. The van der Waals surface area contributed by atoms with Gasteiger partial charge in [-0.3, -0.25) is 16.0 Å². The van der Waals surface area contributed by atoms with Gasteiger partial charge in [0, 0.05) is 18.7 Å². The Bertz CT molecular complexity index is 352. The van der Waals surface area contributed by atoms with E-state index in [1.165, 1.54) is 0 Å². The lowest BCUT2D eigenvalue weighted by atomic mass is 9.95. The zero-order valence-electron chi connectivity index (χ0n) is 10.6. The van der Waals surface area contributed by atoms with Crippen LogP contribution in [-0.2, 0) is 11.3 Å². The van der Waals surface area contributed by atoms with Gasteiger partial charge in [-0.25, -0.2) is 0 Å². The molecule has 5 nitrogen and oxygen atoms in total. The number of ether oxygens (including phenoxy) is 1. The van der Waals surface area contributed by atoms with Crippen molar-refractivity contribution in [3.63, 3.8) is 0 Å². The summed E-state index contributed by atoms with van der Waals surface area (Å²) in [5.74, 6) is 6.14. The normalized spacial score (nSPS) is 26.3. The summed E-state index contributed by atoms with van der Waals surface area (Å²) >= 11 is 0. The molecule has 3 N–H and O–H groups in total. The second kappa shape index (κ2) is 5.62. The molecule has 1 aliphatic heterocycles. The number of nitrogens with two attached hydrogens (primary N) is 1. The standard InChI is InChI=1S/C12H22N4O/c1-3-6-16-11(4-5-14-16)12(15-13)10-7-9(2)17-8-10/h4-5,9-10,12,15H,3,6-8,13H2,1-2H3. The number of aryl methyl sites for hydroxylation is 1. The average Bonchev–Trinajstić information content (AvgIpc) is 2.91. The van der Waals surface area contributed by atoms with Gasteiger partial charge in [-0.15, -0.1) is 0 Å². The Balaban J connectivity index is 2.14. The number of nitrogens with one attached hydrogen (secondary N) is 1. The molecule has 5 heteroatoms. The lowest BCUT2D eigenvalue weighted by molar-refractivity contribution is 0.116. The minimum Gasteiger partial charge on any atom is -0.378 e. The first kappa shape index (κ1) is 12.5. The van der Waals surface area contributed by atoms with Crippen molar-refractivity contribution in [3.8, 4) is 0 Å². The van der Waals surface area contributed by atoms with E-state index >= 15 is 0 Å². The van der Waals surface area contributed by atoms with E-state index < -0.39 is 0 Å². The minimum absolute atomic E-state index is 0.133. The van der Waals surface area contributed by atoms with Crippen molar-refractivity contribution in [2.45, 2.75) is 45.4 Å². The van der Waals surface area contributed by atoms with Crippen molar-refractivity contribution in [1.82, 2.24) is 15.2 Å². The smallest absolute Gasteiger partial charge is 0.0680 e. The predicted molar refractivity (Wildman–Crippen MR) is 66.1 cm³/mol. The SMILES string of the molecule is CCCn1nccc1C(NN)C1COC(C)C1. The van der Waals surface area contributed by atoms with Gasteiger partial charge in [-0.2, -0.15) is 5.10 Å². The molecule has 0 radical (unpaired) electrons. The Kier molecular flexibility index (Phi) is 4.15. The molecule has 1 aromatic rings. The molecule has 0 amide bonds. The molecule has 1 aliphatic rings. The van der Waals surface area contributed by atoms with E-state index in [1.54, 1.807) is 0 Å². The van der Waals surface area contributed by atoms with Crippen LogP contribution >= 0.6 is 0 Å². The van der Waals surface area contributed by atoms with Crippen LogP contribution in [-0.4, -0.2) is 22.5 Å². The molecule has 3 unspecified atom stereocenters. The molecule has 2 rings (SSSR count). The molecule has 1 aromatic heterocycles. The average molecular weight is 238 g/mol. The van der Waals surface area contributed by atoms with Crippen molar-refractivity contribution in [2.75, 3.05) is 6.61 Å². The molecule has 3 atom stereocenters. The third-order valence-corrected chi connectivity index (χ3v) is 3.38. The second-order valence-electron chi connectivity index (χ2n) is 4.76. The molecule has 1 saturated heterocycles. The van der Waals surface area contributed by atoms with Crippen molar-refractivity contribution >= 4 is 0 Å².